The normalized spacial score (nSPS) is 16.2. The first-order valence-corrected chi connectivity index (χ1v) is 16.5. The van der Waals surface area contributed by atoms with Crippen molar-refractivity contribution in [1.29, 1.82) is 0 Å². The van der Waals surface area contributed by atoms with Crippen LogP contribution in [0.3, 0.4) is 0 Å². The summed E-state index contributed by atoms with van der Waals surface area (Å²) in [4.78, 5) is 69.1. The molecule has 3 aliphatic rings. The number of hydrogen-bond acceptors (Lipinski definition) is 11. The molecule has 1 atom stereocenters. The lowest BCUT2D eigenvalue weighted by Gasteiger charge is -2.31. The van der Waals surface area contributed by atoms with Gasteiger partial charge in [0.05, 0.1) is 16.9 Å². The van der Waals surface area contributed by atoms with Crippen LogP contribution in [0.2, 0.25) is 0 Å². The van der Waals surface area contributed by atoms with Crippen LogP contribution in [0.15, 0.2) is 107 Å². The second-order valence-electron chi connectivity index (χ2n) is 12.2. The summed E-state index contributed by atoms with van der Waals surface area (Å²) in [6, 6.07) is 12.7. The lowest BCUT2D eigenvalue weighted by molar-refractivity contribution is -0.384. The van der Waals surface area contributed by atoms with E-state index < -0.39 is 52.5 Å². The first kappa shape index (κ1) is 36.7. The molecule has 0 spiro atoms. The molecule has 1 aromatic heterocycles. The Morgan fingerprint density at radius 3 is 2.56 bits per heavy atom. The molecule has 5 N–H and O–H groups in total. The second kappa shape index (κ2) is 15.7. The van der Waals surface area contributed by atoms with Crippen LogP contribution in [-0.2, 0) is 14.3 Å². The molecule has 2 aliphatic carbocycles. The third-order valence-electron chi connectivity index (χ3n) is 8.47. The van der Waals surface area contributed by atoms with Crippen LogP contribution in [0.4, 0.5) is 31.9 Å². The van der Waals surface area contributed by atoms with Gasteiger partial charge in [-0.2, -0.15) is 4.98 Å². The highest BCUT2D eigenvalue weighted by atomic mass is 19.1. The molecule has 0 bridgehead atoms. The fraction of sp³-hybridized carbons (Fsp3) is 0.189. The zero-order valence-corrected chi connectivity index (χ0v) is 28.4. The fourth-order valence-electron chi connectivity index (χ4n) is 5.80. The molecule has 17 heteroatoms. The van der Waals surface area contributed by atoms with Gasteiger partial charge in [-0.25, -0.2) is 18.6 Å². The largest absolute Gasteiger partial charge is 0.478 e. The first-order chi connectivity index (χ1) is 25.9. The monoisotopic (exact) mass is 739 g/mol. The zero-order chi connectivity index (χ0) is 38.5. The number of carbonyl (C=O) groups is 4. The number of rotatable bonds is 13. The van der Waals surface area contributed by atoms with Gasteiger partial charge < -0.3 is 31.1 Å². The van der Waals surface area contributed by atoms with Crippen molar-refractivity contribution in [1.82, 2.24) is 20.6 Å². The summed E-state index contributed by atoms with van der Waals surface area (Å²) >= 11 is 0. The molecule has 2 amide bonds. The van der Waals surface area contributed by atoms with E-state index >= 15 is 0 Å². The predicted molar refractivity (Wildman–Crippen MR) is 191 cm³/mol. The number of amides is 2. The van der Waals surface area contributed by atoms with Crippen LogP contribution in [0, 0.1) is 16.0 Å². The summed E-state index contributed by atoms with van der Waals surface area (Å²) in [5.74, 6) is -5.31. The van der Waals surface area contributed by atoms with Crippen molar-refractivity contribution in [2.45, 2.75) is 19.8 Å². The molecule has 6 rings (SSSR count). The van der Waals surface area contributed by atoms with E-state index in [0.717, 1.165) is 18.3 Å². The summed E-state index contributed by atoms with van der Waals surface area (Å²) in [6.07, 6.45) is 4.08. The number of ether oxygens (including phenoxy) is 1. The molecule has 0 saturated carbocycles. The van der Waals surface area contributed by atoms with Gasteiger partial charge in [0, 0.05) is 59.9 Å². The van der Waals surface area contributed by atoms with Gasteiger partial charge in [-0.15, -0.1) is 0 Å². The molecule has 2 aromatic carbocycles. The standard InChI is InChI=1S/C37H31F2N7O8/c1-19-13-30-24(15-26(19)38)33(25-16-27(39)29(47)17-31(25)54-30)22-8-7-20(14-23(22)36(50)51)35(49)42-10-9-32(48)40-11-12-41-34-28(46(52)53)18-43-37(45-34)44-21-5-3-2-4-6-21/h2-8,13-16,18-19H,9-12,17H2,1H3,(H,40,48)(H,42,49)(H,50,51)(H2,41,43,44,45). The number of nitro groups is 1. The smallest absolute Gasteiger partial charge is 0.336 e. The lowest BCUT2D eigenvalue weighted by atomic mass is 9.81. The van der Waals surface area contributed by atoms with E-state index in [1.165, 1.54) is 24.3 Å². The average Bonchev–Trinajstić information content (AvgIpc) is 3.14. The third-order valence-corrected chi connectivity index (χ3v) is 8.47. The first-order valence-electron chi connectivity index (χ1n) is 16.5. The Kier molecular flexibility index (Phi) is 10.7. The van der Waals surface area contributed by atoms with Crippen LogP contribution in [-0.4, -0.2) is 63.2 Å². The van der Waals surface area contributed by atoms with Crippen LogP contribution in [0.1, 0.15) is 46.0 Å². The second-order valence-corrected chi connectivity index (χ2v) is 12.2. The number of benzene rings is 2. The van der Waals surface area contributed by atoms with Crippen molar-refractivity contribution in [2.75, 3.05) is 30.3 Å². The number of ketones is 1. The van der Waals surface area contributed by atoms with Crippen molar-refractivity contribution in [2.24, 2.45) is 5.92 Å². The van der Waals surface area contributed by atoms with Crippen LogP contribution >= 0.6 is 0 Å². The minimum Gasteiger partial charge on any atom is -0.478 e. The van der Waals surface area contributed by atoms with E-state index in [2.05, 4.69) is 31.2 Å². The SMILES string of the molecule is CC1C=C2OC3=C(C=C(F)C(=O)C3)C(c3ccc(C(=O)NCCC(=O)NCCNc4nc(Nc5ccccc5)ncc4[N+](=O)[O-])cc3C(=O)O)=C2C=C1F. The Labute approximate surface area is 305 Å². The van der Waals surface area contributed by atoms with Gasteiger partial charge in [-0.05, 0) is 48.1 Å². The quantitative estimate of drug-likeness (QED) is 0.0844. The molecule has 276 valence electrons. The number of carbonyl (C=O) groups excluding carboxylic acids is 3. The molecule has 0 saturated heterocycles. The van der Waals surface area contributed by atoms with E-state index in [4.69, 9.17) is 4.74 Å². The number of Topliss-reactive ketones (excluding diaryl/α,β-unsaturated/α-hetero) is 1. The summed E-state index contributed by atoms with van der Waals surface area (Å²) in [5.41, 5.74) is 0.306. The molecule has 1 aliphatic heterocycles. The average molecular weight is 740 g/mol. The maximum absolute atomic E-state index is 14.8. The molecular formula is C37H31F2N7O8. The number of allylic oxidation sites excluding steroid dienone is 8. The summed E-state index contributed by atoms with van der Waals surface area (Å²) < 4.78 is 35.2. The molecule has 3 aromatic rings. The predicted octanol–water partition coefficient (Wildman–Crippen LogP) is 5.43. The molecule has 54 heavy (non-hydrogen) atoms. The molecular weight excluding hydrogens is 708 g/mol. The minimum atomic E-state index is -1.43. The van der Waals surface area contributed by atoms with Crippen molar-refractivity contribution in [3.8, 4) is 0 Å². The molecule has 0 fully saturated rings. The molecule has 15 nitrogen and oxygen atoms in total. The van der Waals surface area contributed by atoms with Gasteiger partial charge in [-0.1, -0.05) is 31.2 Å². The number of carboxylic acids is 1. The van der Waals surface area contributed by atoms with Gasteiger partial charge in [-0.3, -0.25) is 24.5 Å². The van der Waals surface area contributed by atoms with Crippen LogP contribution < -0.4 is 21.3 Å². The number of nitrogens with one attached hydrogen (secondary N) is 4. The Morgan fingerprint density at radius 2 is 1.81 bits per heavy atom. The van der Waals surface area contributed by atoms with Crippen LogP contribution in [0.25, 0.3) is 5.57 Å². The minimum absolute atomic E-state index is 0.0386. The van der Waals surface area contributed by atoms with Gasteiger partial charge in [0.1, 0.15) is 23.5 Å². The summed E-state index contributed by atoms with van der Waals surface area (Å²) in [6.45, 7) is 1.60. The number of anilines is 3. The number of aromatic nitrogens is 2. The Balaban J connectivity index is 1.08. The van der Waals surface area contributed by atoms with Gasteiger partial charge >= 0.3 is 11.7 Å². The van der Waals surface area contributed by atoms with Crippen molar-refractivity contribution < 1.29 is 42.7 Å². The van der Waals surface area contributed by atoms with E-state index in [1.54, 1.807) is 31.2 Å². The molecule has 2 heterocycles. The number of halogens is 2. The summed E-state index contributed by atoms with van der Waals surface area (Å²) in [7, 11) is 0. The van der Waals surface area contributed by atoms with E-state index in [0.29, 0.717) is 5.69 Å². The Hall–Kier alpha value is -7.04. The number of fused-ring (bicyclic) bond motifs is 1. The van der Waals surface area contributed by atoms with E-state index in [-0.39, 0.29) is 88.4 Å². The topological polar surface area (TPSA) is 215 Å². The molecule has 0 radical (unpaired) electrons. The number of hydrogen-bond donors (Lipinski definition) is 5. The van der Waals surface area contributed by atoms with E-state index in [9.17, 15) is 43.2 Å². The highest BCUT2D eigenvalue weighted by molar-refractivity contribution is 6.06. The number of para-hydroxylation sites is 1. The Bertz CT molecular complexity index is 2250. The van der Waals surface area contributed by atoms with E-state index in [1.807, 2.05) is 6.07 Å². The van der Waals surface area contributed by atoms with Crippen LogP contribution in [0.5, 0.6) is 0 Å². The highest BCUT2D eigenvalue weighted by Crippen LogP contribution is 2.46. The maximum atomic E-state index is 14.8. The van der Waals surface area contributed by atoms with Crippen molar-refractivity contribution in [3.63, 3.8) is 0 Å². The van der Waals surface area contributed by atoms with Gasteiger partial charge in [0.15, 0.2) is 11.6 Å². The lowest BCUT2D eigenvalue weighted by Crippen LogP contribution is -2.33. The summed E-state index contributed by atoms with van der Waals surface area (Å²) in [5, 5.41) is 32.6. The Morgan fingerprint density at radius 1 is 1.04 bits per heavy atom. The maximum Gasteiger partial charge on any atom is 0.336 e. The van der Waals surface area contributed by atoms with Gasteiger partial charge in [0.2, 0.25) is 17.7 Å². The van der Waals surface area contributed by atoms with Crippen molar-refractivity contribution >= 4 is 52.3 Å². The van der Waals surface area contributed by atoms with Gasteiger partial charge in [0.25, 0.3) is 5.91 Å². The number of carboxylic acid groups (broad SMARTS) is 1. The van der Waals surface area contributed by atoms with Crippen molar-refractivity contribution in [3.05, 3.63) is 134 Å². The fourth-order valence-corrected chi connectivity index (χ4v) is 5.80. The third kappa shape index (κ3) is 8.04. The number of nitrogens with zero attached hydrogens (tertiary/aromatic N) is 3. The zero-order valence-electron chi connectivity index (χ0n) is 28.4. The highest BCUT2D eigenvalue weighted by Gasteiger charge is 2.35. The number of aromatic carboxylic acids is 1. The molecule has 1 unspecified atom stereocenters.